The molecule has 0 saturated heterocycles. The van der Waals surface area contributed by atoms with Crippen LogP contribution in [0.5, 0.6) is 0 Å². The number of carbonyl (C=O) groups is 1. The van der Waals surface area contributed by atoms with Gasteiger partial charge in [-0.15, -0.1) is 0 Å². The number of anilines is 1. The maximum Gasteiger partial charge on any atom is 0.270 e. The lowest BCUT2D eigenvalue weighted by Crippen LogP contribution is -2.25. The molecule has 0 atom stereocenters. The SMILES string of the molecule is Cc1cc(C)nc(CNC(=O)c2cc(-c3ccc(C)o3)nc(N)n2)c1. The van der Waals surface area contributed by atoms with Crippen molar-refractivity contribution >= 4 is 11.9 Å². The van der Waals surface area contributed by atoms with E-state index in [1.807, 2.05) is 39.0 Å². The fourth-order valence-corrected chi connectivity index (χ4v) is 2.56. The molecule has 0 aliphatic heterocycles. The first-order valence-corrected chi connectivity index (χ1v) is 7.84. The molecule has 0 aromatic carbocycles. The summed E-state index contributed by atoms with van der Waals surface area (Å²) >= 11 is 0. The molecule has 0 aliphatic carbocycles. The van der Waals surface area contributed by atoms with Crippen LogP contribution in [0, 0.1) is 20.8 Å². The summed E-state index contributed by atoms with van der Waals surface area (Å²) < 4.78 is 5.53. The Balaban J connectivity index is 1.79. The summed E-state index contributed by atoms with van der Waals surface area (Å²) in [7, 11) is 0. The number of nitrogens with zero attached hydrogens (tertiary/aromatic N) is 3. The minimum absolute atomic E-state index is 0.0150. The van der Waals surface area contributed by atoms with Crippen LogP contribution in [-0.4, -0.2) is 20.9 Å². The maximum absolute atomic E-state index is 12.4. The van der Waals surface area contributed by atoms with E-state index in [-0.39, 0.29) is 17.5 Å². The average Bonchev–Trinajstić information content (AvgIpc) is 2.98. The number of aromatic nitrogens is 3. The van der Waals surface area contributed by atoms with Crippen molar-refractivity contribution in [3.63, 3.8) is 0 Å². The molecule has 0 saturated carbocycles. The highest BCUT2D eigenvalue weighted by Gasteiger charge is 2.14. The third-order valence-corrected chi connectivity index (χ3v) is 3.55. The first kappa shape index (κ1) is 16.6. The van der Waals surface area contributed by atoms with Crippen molar-refractivity contribution in [2.45, 2.75) is 27.3 Å². The number of hydrogen-bond acceptors (Lipinski definition) is 6. The van der Waals surface area contributed by atoms with Gasteiger partial charge in [0.05, 0.1) is 12.2 Å². The molecule has 0 radical (unpaired) electrons. The number of furan rings is 1. The van der Waals surface area contributed by atoms with E-state index in [9.17, 15) is 4.79 Å². The standard InChI is InChI=1S/C18H19N5O2/c1-10-6-11(2)21-13(7-10)9-20-17(24)15-8-14(22-18(19)23-15)16-5-4-12(3)25-16/h4-8H,9H2,1-3H3,(H,20,24)(H2,19,22,23). The quantitative estimate of drug-likeness (QED) is 0.758. The van der Waals surface area contributed by atoms with Crippen molar-refractivity contribution < 1.29 is 9.21 Å². The van der Waals surface area contributed by atoms with Gasteiger partial charge >= 0.3 is 0 Å². The molecule has 0 unspecified atom stereocenters. The molecule has 25 heavy (non-hydrogen) atoms. The Hall–Kier alpha value is -3.22. The summed E-state index contributed by atoms with van der Waals surface area (Å²) in [6.07, 6.45) is 0. The van der Waals surface area contributed by atoms with E-state index >= 15 is 0 Å². The van der Waals surface area contributed by atoms with Crippen molar-refractivity contribution in [3.8, 4) is 11.5 Å². The molecular formula is C18H19N5O2. The van der Waals surface area contributed by atoms with Gasteiger partial charge in [0, 0.05) is 5.69 Å². The zero-order chi connectivity index (χ0) is 18.0. The number of carbonyl (C=O) groups excluding carboxylic acids is 1. The van der Waals surface area contributed by atoms with E-state index in [0.29, 0.717) is 18.0 Å². The van der Waals surface area contributed by atoms with Crippen molar-refractivity contribution in [2.24, 2.45) is 0 Å². The van der Waals surface area contributed by atoms with E-state index in [1.165, 1.54) is 0 Å². The van der Waals surface area contributed by atoms with E-state index in [4.69, 9.17) is 10.2 Å². The van der Waals surface area contributed by atoms with Gasteiger partial charge in [-0.2, -0.15) is 0 Å². The Labute approximate surface area is 145 Å². The second-order valence-electron chi connectivity index (χ2n) is 5.87. The van der Waals surface area contributed by atoms with Crippen molar-refractivity contribution in [1.29, 1.82) is 0 Å². The van der Waals surface area contributed by atoms with Crippen LogP contribution in [0.2, 0.25) is 0 Å². The van der Waals surface area contributed by atoms with Crippen LogP contribution in [0.4, 0.5) is 5.95 Å². The van der Waals surface area contributed by atoms with Gasteiger partial charge in [-0.3, -0.25) is 9.78 Å². The Kier molecular flexibility index (Phi) is 4.47. The molecule has 7 nitrogen and oxygen atoms in total. The molecule has 3 heterocycles. The Morgan fingerprint density at radius 3 is 2.60 bits per heavy atom. The highest BCUT2D eigenvalue weighted by atomic mass is 16.3. The normalized spacial score (nSPS) is 10.7. The van der Waals surface area contributed by atoms with Gasteiger partial charge < -0.3 is 15.5 Å². The lowest BCUT2D eigenvalue weighted by Gasteiger charge is -2.07. The fraction of sp³-hybridized carbons (Fsp3) is 0.222. The fourth-order valence-electron chi connectivity index (χ4n) is 2.56. The predicted molar refractivity (Wildman–Crippen MR) is 93.8 cm³/mol. The third kappa shape index (κ3) is 4.00. The van der Waals surface area contributed by atoms with Gasteiger partial charge in [-0.05, 0) is 56.7 Å². The van der Waals surface area contributed by atoms with E-state index < -0.39 is 0 Å². The minimum Gasteiger partial charge on any atom is -0.460 e. The number of rotatable bonds is 4. The summed E-state index contributed by atoms with van der Waals surface area (Å²) in [6, 6.07) is 9.06. The molecule has 3 aromatic rings. The minimum atomic E-state index is -0.348. The molecule has 128 valence electrons. The summed E-state index contributed by atoms with van der Waals surface area (Å²) in [4.78, 5) is 24.9. The molecule has 7 heteroatoms. The Morgan fingerprint density at radius 1 is 1.12 bits per heavy atom. The van der Waals surface area contributed by atoms with Crippen LogP contribution in [0.15, 0.2) is 34.7 Å². The Bertz CT molecular complexity index is 913. The average molecular weight is 337 g/mol. The van der Waals surface area contributed by atoms with Gasteiger partial charge in [-0.1, -0.05) is 0 Å². The number of aryl methyl sites for hydroxylation is 3. The molecular weight excluding hydrogens is 318 g/mol. The third-order valence-electron chi connectivity index (χ3n) is 3.55. The van der Waals surface area contributed by atoms with Crippen LogP contribution < -0.4 is 11.1 Å². The van der Waals surface area contributed by atoms with Gasteiger partial charge in [0.25, 0.3) is 5.91 Å². The van der Waals surface area contributed by atoms with Crippen molar-refractivity contribution in [3.05, 3.63) is 58.7 Å². The van der Waals surface area contributed by atoms with Crippen molar-refractivity contribution in [1.82, 2.24) is 20.3 Å². The van der Waals surface area contributed by atoms with E-state index in [1.54, 1.807) is 12.1 Å². The molecule has 0 aliphatic rings. The highest BCUT2D eigenvalue weighted by molar-refractivity contribution is 5.93. The van der Waals surface area contributed by atoms with Gasteiger partial charge in [0.2, 0.25) is 5.95 Å². The first-order chi connectivity index (χ1) is 11.9. The molecule has 3 rings (SSSR count). The number of pyridine rings is 1. The summed E-state index contributed by atoms with van der Waals surface area (Å²) in [5.41, 5.74) is 9.17. The van der Waals surface area contributed by atoms with Crippen LogP contribution in [0.25, 0.3) is 11.5 Å². The molecule has 0 bridgehead atoms. The van der Waals surface area contributed by atoms with Gasteiger partial charge in [0.15, 0.2) is 5.76 Å². The monoisotopic (exact) mass is 337 g/mol. The second kappa shape index (κ2) is 6.72. The van der Waals surface area contributed by atoms with E-state index in [2.05, 4.69) is 20.3 Å². The predicted octanol–water partition coefficient (Wildman–Crippen LogP) is 2.57. The zero-order valence-electron chi connectivity index (χ0n) is 14.3. The molecule has 3 N–H and O–H groups in total. The first-order valence-electron chi connectivity index (χ1n) is 7.84. The molecule has 1 amide bonds. The number of nitrogens with two attached hydrogens (primary N) is 1. The summed E-state index contributed by atoms with van der Waals surface area (Å²) in [6.45, 7) is 6.04. The van der Waals surface area contributed by atoms with E-state index in [0.717, 1.165) is 22.7 Å². The number of hydrogen-bond donors (Lipinski definition) is 2. The summed E-state index contributed by atoms with van der Waals surface area (Å²) in [5.74, 6) is 0.955. The second-order valence-corrected chi connectivity index (χ2v) is 5.87. The molecule has 0 spiro atoms. The zero-order valence-corrected chi connectivity index (χ0v) is 14.3. The number of nitrogen functional groups attached to an aromatic ring is 1. The van der Waals surface area contributed by atoms with Crippen LogP contribution in [-0.2, 0) is 6.54 Å². The molecule has 3 aromatic heterocycles. The van der Waals surface area contributed by atoms with Crippen LogP contribution in [0.3, 0.4) is 0 Å². The largest absolute Gasteiger partial charge is 0.460 e. The van der Waals surface area contributed by atoms with Crippen LogP contribution >= 0.6 is 0 Å². The van der Waals surface area contributed by atoms with Crippen molar-refractivity contribution in [2.75, 3.05) is 5.73 Å². The lowest BCUT2D eigenvalue weighted by molar-refractivity contribution is 0.0945. The van der Waals surface area contributed by atoms with Gasteiger partial charge in [0.1, 0.15) is 17.1 Å². The Morgan fingerprint density at radius 2 is 1.92 bits per heavy atom. The maximum atomic E-state index is 12.4. The summed E-state index contributed by atoms with van der Waals surface area (Å²) in [5, 5.41) is 2.80. The topological polar surface area (TPSA) is 107 Å². The van der Waals surface area contributed by atoms with Gasteiger partial charge in [-0.25, -0.2) is 9.97 Å². The number of amides is 1. The smallest absolute Gasteiger partial charge is 0.270 e. The molecule has 0 fully saturated rings. The van der Waals surface area contributed by atoms with Crippen LogP contribution in [0.1, 0.15) is 33.2 Å². The highest BCUT2D eigenvalue weighted by Crippen LogP contribution is 2.21. The lowest BCUT2D eigenvalue weighted by atomic mass is 10.2. The number of nitrogens with one attached hydrogen (secondary N) is 1.